The lowest BCUT2D eigenvalue weighted by Gasteiger charge is -2.12. The molecule has 5 nitrogen and oxygen atoms in total. The lowest BCUT2D eigenvalue weighted by atomic mass is 10.1. The fraction of sp³-hybridized carbons (Fsp3) is 0.176. The predicted molar refractivity (Wildman–Crippen MR) is 89.7 cm³/mol. The summed E-state index contributed by atoms with van der Waals surface area (Å²) >= 11 is 3.24. The Bertz CT molecular complexity index is 783. The maximum absolute atomic E-state index is 12.5. The molecule has 2 rings (SSSR count). The van der Waals surface area contributed by atoms with Crippen LogP contribution in [0.15, 0.2) is 46.9 Å². The molecule has 0 heterocycles. The average Bonchev–Trinajstić information content (AvgIpc) is 2.60. The standard InChI is InChI=1S/C17H14BrF2NO4/c1-24-16(23)11-4-2-3-10(7-11)15(22)21-9-12-8-13(18)5-6-14(12)25-17(19)20/h2-8,17H,9H2,1H3,(H,21,22). The third-order valence-electron chi connectivity index (χ3n) is 3.22. The van der Waals surface area contributed by atoms with Crippen molar-refractivity contribution in [2.45, 2.75) is 13.2 Å². The van der Waals surface area contributed by atoms with E-state index < -0.39 is 18.5 Å². The van der Waals surface area contributed by atoms with Crippen LogP contribution in [0.2, 0.25) is 0 Å². The zero-order valence-corrected chi connectivity index (χ0v) is 14.7. The van der Waals surface area contributed by atoms with Crippen molar-refractivity contribution < 1.29 is 27.8 Å². The summed E-state index contributed by atoms with van der Waals surface area (Å²) < 4.78 is 34.6. The summed E-state index contributed by atoms with van der Waals surface area (Å²) in [5, 5.41) is 2.60. The quantitative estimate of drug-likeness (QED) is 0.732. The van der Waals surface area contributed by atoms with Crippen LogP contribution in [0.25, 0.3) is 0 Å². The lowest BCUT2D eigenvalue weighted by molar-refractivity contribution is -0.0504. The molecule has 0 aliphatic rings. The highest BCUT2D eigenvalue weighted by atomic mass is 79.9. The van der Waals surface area contributed by atoms with Gasteiger partial charge < -0.3 is 14.8 Å². The van der Waals surface area contributed by atoms with Gasteiger partial charge in [0, 0.05) is 22.1 Å². The fourth-order valence-electron chi connectivity index (χ4n) is 2.08. The molecule has 132 valence electrons. The molecular formula is C17H14BrF2NO4. The lowest BCUT2D eigenvalue weighted by Crippen LogP contribution is -2.23. The van der Waals surface area contributed by atoms with Crippen LogP contribution in [-0.2, 0) is 11.3 Å². The van der Waals surface area contributed by atoms with Crippen molar-refractivity contribution in [2.75, 3.05) is 7.11 Å². The van der Waals surface area contributed by atoms with Crippen LogP contribution >= 0.6 is 15.9 Å². The van der Waals surface area contributed by atoms with Crippen molar-refractivity contribution in [2.24, 2.45) is 0 Å². The Hall–Kier alpha value is -2.48. The molecule has 0 radical (unpaired) electrons. The molecule has 0 saturated heterocycles. The number of halogens is 3. The number of nitrogens with one attached hydrogen (secondary N) is 1. The molecule has 1 amide bonds. The Morgan fingerprint density at radius 1 is 1.16 bits per heavy atom. The van der Waals surface area contributed by atoms with Crippen LogP contribution in [0.3, 0.4) is 0 Å². The average molecular weight is 414 g/mol. The number of hydrogen-bond donors (Lipinski definition) is 1. The highest BCUT2D eigenvalue weighted by Crippen LogP contribution is 2.24. The highest BCUT2D eigenvalue weighted by Gasteiger charge is 2.13. The molecule has 2 aromatic carbocycles. The molecule has 25 heavy (non-hydrogen) atoms. The van der Waals surface area contributed by atoms with Gasteiger partial charge in [-0.05, 0) is 36.4 Å². The van der Waals surface area contributed by atoms with E-state index in [0.29, 0.717) is 10.0 Å². The van der Waals surface area contributed by atoms with E-state index in [-0.39, 0.29) is 23.4 Å². The Kier molecular flexibility index (Phi) is 6.46. The smallest absolute Gasteiger partial charge is 0.387 e. The summed E-state index contributed by atoms with van der Waals surface area (Å²) in [4.78, 5) is 23.7. The number of benzene rings is 2. The molecule has 0 saturated carbocycles. The molecule has 0 unspecified atom stereocenters. The van der Waals surface area contributed by atoms with Crippen LogP contribution in [0.5, 0.6) is 5.75 Å². The summed E-state index contributed by atoms with van der Waals surface area (Å²) in [6, 6.07) is 10.5. The van der Waals surface area contributed by atoms with E-state index in [9.17, 15) is 18.4 Å². The largest absolute Gasteiger partial charge is 0.465 e. The normalized spacial score (nSPS) is 10.4. The van der Waals surface area contributed by atoms with Crippen molar-refractivity contribution >= 4 is 27.8 Å². The Morgan fingerprint density at radius 2 is 1.88 bits per heavy atom. The first-order valence-electron chi connectivity index (χ1n) is 7.10. The second kappa shape index (κ2) is 8.57. The minimum absolute atomic E-state index is 0.0250. The second-order valence-corrected chi connectivity index (χ2v) is 5.80. The van der Waals surface area contributed by atoms with Crippen LogP contribution in [0, 0.1) is 0 Å². The molecule has 0 aliphatic heterocycles. The maximum atomic E-state index is 12.5. The van der Waals surface area contributed by atoms with Gasteiger partial charge in [-0.25, -0.2) is 4.79 Å². The number of hydrogen-bond acceptors (Lipinski definition) is 4. The van der Waals surface area contributed by atoms with Crippen molar-refractivity contribution in [3.8, 4) is 5.75 Å². The monoisotopic (exact) mass is 413 g/mol. The van der Waals surface area contributed by atoms with Gasteiger partial charge >= 0.3 is 12.6 Å². The molecule has 2 aromatic rings. The molecule has 0 fully saturated rings. The molecule has 1 N–H and O–H groups in total. The Labute approximate surface area is 151 Å². The number of carbonyl (C=O) groups excluding carboxylic acids is 2. The van der Waals surface area contributed by atoms with Crippen molar-refractivity contribution in [3.63, 3.8) is 0 Å². The van der Waals surface area contributed by atoms with Crippen molar-refractivity contribution in [1.82, 2.24) is 5.32 Å². The van der Waals surface area contributed by atoms with Gasteiger partial charge in [-0.3, -0.25) is 4.79 Å². The molecule has 0 bridgehead atoms. The van der Waals surface area contributed by atoms with E-state index in [1.54, 1.807) is 18.2 Å². The molecule has 0 aliphatic carbocycles. The van der Waals surface area contributed by atoms with Gasteiger partial charge in [0.2, 0.25) is 0 Å². The Morgan fingerprint density at radius 3 is 2.56 bits per heavy atom. The summed E-state index contributed by atoms with van der Waals surface area (Å²) in [5.41, 5.74) is 0.862. The van der Waals surface area contributed by atoms with E-state index in [1.807, 2.05) is 0 Å². The third kappa shape index (κ3) is 5.25. The van der Waals surface area contributed by atoms with Crippen LogP contribution in [0.1, 0.15) is 26.3 Å². The van der Waals surface area contributed by atoms with Gasteiger partial charge in [-0.2, -0.15) is 8.78 Å². The van der Waals surface area contributed by atoms with Gasteiger partial charge in [-0.1, -0.05) is 22.0 Å². The third-order valence-corrected chi connectivity index (χ3v) is 3.72. The second-order valence-electron chi connectivity index (χ2n) is 4.89. The van der Waals surface area contributed by atoms with Crippen LogP contribution in [0.4, 0.5) is 8.78 Å². The summed E-state index contributed by atoms with van der Waals surface area (Å²) in [6.07, 6.45) is 0. The summed E-state index contributed by atoms with van der Waals surface area (Å²) in [5.74, 6) is -1.05. The minimum atomic E-state index is -2.97. The number of ether oxygens (including phenoxy) is 2. The number of carbonyl (C=O) groups is 2. The summed E-state index contributed by atoms with van der Waals surface area (Å²) in [7, 11) is 1.24. The highest BCUT2D eigenvalue weighted by molar-refractivity contribution is 9.10. The number of esters is 1. The zero-order valence-electron chi connectivity index (χ0n) is 13.1. The number of methoxy groups -OCH3 is 1. The fourth-order valence-corrected chi connectivity index (χ4v) is 2.49. The van der Waals surface area contributed by atoms with Gasteiger partial charge in [0.05, 0.1) is 12.7 Å². The predicted octanol–water partition coefficient (Wildman–Crippen LogP) is 3.77. The van der Waals surface area contributed by atoms with Crippen LogP contribution in [-0.4, -0.2) is 25.6 Å². The van der Waals surface area contributed by atoms with Gasteiger partial charge in [0.15, 0.2) is 0 Å². The number of amides is 1. The SMILES string of the molecule is COC(=O)c1cccc(C(=O)NCc2cc(Br)ccc2OC(F)F)c1. The van der Waals surface area contributed by atoms with Gasteiger partial charge in [0.1, 0.15) is 5.75 Å². The zero-order chi connectivity index (χ0) is 18.4. The van der Waals surface area contributed by atoms with E-state index in [0.717, 1.165) is 0 Å². The molecule has 0 atom stereocenters. The van der Waals surface area contributed by atoms with Gasteiger partial charge in [-0.15, -0.1) is 0 Å². The first kappa shape index (κ1) is 18.9. The van der Waals surface area contributed by atoms with E-state index in [2.05, 4.69) is 30.7 Å². The van der Waals surface area contributed by atoms with Crippen LogP contribution < -0.4 is 10.1 Å². The topological polar surface area (TPSA) is 64.6 Å². The Balaban J connectivity index is 2.12. The summed E-state index contributed by atoms with van der Waals surface area (Å²) in [6.45, 7) is -2.99. The molecule has 0 spiro atoms. The van der Waals surface area contributed by atoms with Gasteiger partial charge in [0.25, 0.3) is 5.91 Å². The number of alkyl halides is 2. The van der Waals surface area contributed by atoms with E-state index in [4.69, 9.17) is 0 Å². The van der Waals surface area contributed by atoms with E-state index in [1.165, 1.54) is 31.4 Å². The van der Waals surface area contributed by atoms with E-state index >= 15 is 0 Å². The molecule has 8 heteroatoms. The molecule has 0 aromatic heterocycles. The maximum Gasteiger partial charge on any atom is 0.387 e. The van der Waals surface area contributed by atoms with Crippen molar-refractivity contribution in [3.05, 3.63) is 63.6 Å². The first-order valence-corrected chi connectivity index (χ1v) is 7.90. The minimum Gasteiger partial charge on any atom is -0.465 e. The number of rotatable bonds is 6. The first-order chi connectivity index (χ1) is 11.9. The van der Waals surface area contributed by atoms with Crippen molar-refractivity contribution in [1.29, 1.82) is 0 Å². The molecular weight excluding hydrogens is 400 g/mol.